The van der Waals surface area contributed by atoms with Gasteiger partial charge in [0, 0.05) is 30.2 Å². The maximum Gasteiger partial charge on any atom is 0.272 e. The van der Waals surface area contributed by atoms with Gasteiger partial charge in [0.1, 0.15) is 5.75 Å². The first kappa shape index (κ1) is 15.9. The zero-order chi connectivity index (χ0) is 16.6. The number of fused-ring (bicyclic) bond motifs is 1. The number of ether oxygens (including phenoxy) is 1. The second kappa shape index (κ2) is 6.23. The van der Waals surface area contributed by atoms with E-state index >= 15 is 0 Å². The van der Waals surface area contributed by atoms with E-state index in [1.807, 2.05) is 19.2 Å². The lowest BCUT2D eigenvalue weighted by atomic mass is 10.1. The molecule has 0 saturated heterocycles. The van der Waals surface area contributed by atoms with Crippen molar-refractivity contribution in [3.05, 3.63) is 34.0 Å². The topological polar surface area (TPSA) is 36.5 Å². The van der Waals surface area contributed by atoms with E-state index < -0.39 is 6.43 Å². The van der Waals surface area contributed by atoms with Gasteiger partial charge < -0.3 is 20.3 Å². The first-order valence-electron chi connectivity index (χ1n) is 7.31. The van der Waals surface area contributed by atoms with Gasteiger partial charge in [-0.3, -0.25) is 0 Å². The molecule has 2 N–H and O–H groups in total. The molecule has 3 rings (SSSR count). The van der Waals surface area contributed by atoms with Crippen molar-refractivity contribution in [2.24, 2.45) is 0 Å². The molecule has 1 atom stereocenters. The quantitative estimate of drug-likeness (QED) is 0.840. The molecule has 0 amide bonds. The van der Waals surface area contributed by atoms with Gasteiger partial charge in [0.15, 0.2) is 0 Å². The molecule has 1 aliphatic rings. The van der Waals surface area contributed by atoms with Crippen LogP contribution in [0.5, 0.6) is 5.75 Å². The van der Waals surface area contributed by atoms with Gasteiger partial charge in [-0.05, 0) is 25.1 Å². The van der Waals surface area contributed by atoms with Crippen molar-refractivity contribution in [1.82, 2.24) is 0 Å². The lowest BCUT2D eigenvalue weighted by Gasteiger charge is -2.21. The highest BCUT2D eigenvalue weighted by molar-refractivity contribution is 7.10. The van der Waals surface area contributed by atoms with Crippen LogP contribution in [0.3, 0.4) is 0 Å². The summed E-state index contributed by atoms with van der Waals surface area (Å²) in [4.78, 5) is 2.22. The fraction of sp³-hybridized carbons (Fsp3) is 0.375. The number of hydrogen-bond donors (Lipinski definition) is 2. The average molecular weight is 339 g/mol. The van der Waals surface area contributed by atoms with Crippen molar-refractivity contribution < 1.29 is 13.5 Å². The van der Waals surface area contributed by atoms with Crippen molar-refractivity contribution in [3.8, 4) is 5.75 Å². The highest BCUT2D eigenvalue weighted by atomic mass is 32.1. The Hall–Kier alpha value is -2.02. The molecule has 0 saturated carbocycles. The Balaban J connectivity index is 1.86. The van der Waals surface area contributed by atoms with Crippen molar-refractivity contribution >= 4 is 28.4 Å². The Morgan fingerprint density at radius 1 is 1.43 bits per heavy atom. The zero-order valence-electron chi connectivity index (χ0n) is 13.2. The summed E-state index contributed by atoms with van der Waals surface area (Å²) in [5, 5.41) is 8.33. The molecule has 0 radical (unpaired) electrons. The van der Waals surface area contributed by atoms with Crippen LogP contribution in [0, 0.1) is 0 Å². The Bertz CT molecular complexity index is 705. The number of nitrogens with one attached hydrogen (secondary N) is 2. The van der Waals surface area contributed by atoms with Gasteiger partial charge >= 0.3 is 0 Å². The third-order valence-electron chi connectivity index (χ3n) is 4.06. The predicted octanol–water partition coefficient (Wildman–Crippen LogP) is 4.51. The molecule has 0 aliphatic carbocycles. The Kier molecular flexibility index (Phi) is 4.30. The van der Waals surface area contributed by atoms with Gasteiger partial charge in [0.25, 0.3) is 6.43 Å². The summed E-state index contributed by atoms with van der Waals surface area (Å²) in [5.41, 5.74) is 3.84. The largest absolute Gasteiger partial charge is 0.496 e. The number of thiophene rings is 1. The molecule has 1 aliphatic heterocycles. The molecule has 1 aromatic carbocycles. The molecule has 7 heteroatoms. The average Bonchev–Trinajstić information content (AvgIpc) is 3.11. The molecule has 0 fully saturated rings. The van der Waals surface area contributed by atoms with Crippen molar-refractivity contribution in [3.63, 3.8) is 0 Å². The maximum atomic E-state index is 12.7. The molecule has 4 nitrogen and oxygen atoms in total. The normalized spacial score (nSPS) is 16.4. The van der Waals surface area contributed by atoms with Gasteiger partial charge in [-0.2, -0.15) is 0 Å². The highest BCUT2D eigenvalue weighted by Gasteiger charge is 2.27. The van der Waals surface area contributed by atoms with E-state index in [4.69, 9.17) is 4.74 Å². The van der Waals surface area contributed by atoms with E-state index in [9.17, 15) is 8.78 Å². The Labute approximate surface area is 138 Å². The number of nitrogens with zero attached hydrogens (tertiary/aromatic N) is 1. The number of rotatable bonds is 5. The minimum atomic E-state index is -2.43. The molecule has 124 valence electrons. The van der Waals surface area contributed by atoms with Crippen molar-refractivity contribution in [2.75, 3.05) is 29.7 Å². The number of methoxy groups -OCH3 is 1. The Morgan fingerprint density at radius 3 is 2.87 bits per heavy atom. The first-order chi connectivity index (χ1) is 11.0. The summed E-state index contributed by atoms with van der Waals surface area (Å²) in [7, 11) is 3.66. The predicted molar refractivity (Wildman–Crippen MR) is 91.1 cm³/mol. The lowest BCUT2D eigenvalue weighted by Crippen LogP contribution is -2.29. The third-order valence-corrected chi connectivity index (χ3v) is 5.00. The van der Waals surface area contributed by atoms with Crippen LogP contribution in [-0.4, -0.2) is 20.3 Å². The number of hydrogen-bond acceptors (Lipinski definition) is 5. The summed E-state index contributed by atoms with van der Waals surface area (Å²) in [5.74, 6) is 0.781. The van der Waals surface area contributed by atoms with Gasteiger partial charge in [-0.25, -0.2) is 8.78 Å². The molecule has 0 bridgehead atoms. The number of halogens is 2. The summed E-state index contributed by atoms with van der Waals surface area (Å²) < 4.78 is 30.8. The van der Waals surface area contributed by atoms with E-state index in [0.717, 1.165) is 34.0 Å². The zero-order valence-corrected chi connectivity index (χ0v) is 14.0. The Morgan fingerprint density at radius 2 is 2.22 bits per heavy atom. The fourth-order valence-corrected chi connectivity index (χ4v) is 3.48. The fourth-order valence-electron chi connectivity index (χ4n) is 2.77. The summed E-state index contributed by atoms with van der Waals surface area (Å²) in [6.45, 7) is 2.59. The molecule has 23 heavy (non-hydrogen) atoms. The van der Waals surface area contributed by atoms with Crippen molar-refractivity contribution in [1.29, 1.82) is 0 Å². The monoisotopic (exact) mass is 339 g/mol. The van der Waals surface area contributed by atoms with Crippen LogP contribution in [-0.2, 0) is 6.54 Å². The lowest BCUT2D eigenvalue weighted by molar-refractivity contribution is 0.155. The van der Waals surface area contributed by atoms with Crippen LogP contribution in [0.2, 0.25) is 0 Å². The maximum absolute atomic E-state index is 12.7. The minimum Gasteiger partial charge on any atom is -0.496 e. The summed E-state index contributed by atoms with van der Waals surface area (Å²) in [6.07, 6.45) is -2.23. The molecular weight excluding hydrogens is 320 g/mol. The molecule has 1 unspecified atom stereocenters. The van der Waals surface area contributed by atoms with Gasteiger partial charge in [-0.1, -0.05) is 0 Å². The van der Waals surface area contributed by atoms with Crippen LogP contribution >= 0.6 is 11.3 Å². The van der Waals surface area contributed by atoms with Gasteiger partial charge in [0.05, 0.1) is 29.5 Å². The summed E-state index contributed by atoms with van der Waals surface area (Å²) in [6, 6.07) is 5.42. The van der Waals surface area contributed by atoms with E-state index in [1.54, 1.807) is 12.5 Å². The molecule has 1 aromatic heterocycles. The van der Waals surface area contributed by atoms with Crippen LogP contribution in [0.15, 0.2) is 23.6 Å². The van der Waals surface area contributed by atoms with Gasteiger partial charge in [-0.15, -0.1) is 11.3 Å². The van der Waals surface area contributed by atoms with Crippen LogP contribution < -0.4 is 20.3 Å². The van der Waals surface area contributed by atoms with Gasteiger partial charge in [0.2, 0.25) is 0 Å². The van der Waals surface area contributed by atoms with E-state index in [-0.39, 0.29) is 11.0 Å². The third kappa shape index (κ3) is 2.93. The van der Waals surface area contributed by atoms with Crippen LogP contribution in [0.25, 0.3) is 0 Å². The smallest absolute Gasteiger partial charge is 0.272 e. The molecule has 2 aromatic rings. The SMILES string of the molecule is COc1ccc2c(c1CNc1csc(C(F)F)c1)N(C)C(C)N2. The summed E-state index contributed by atoms with van der Waals surface area (Å²) >= 11 is 1.06. The first-order valence-corrected chi connectivity index (χ1v) is 8.19. The molecule has 0 spiro atoms. The molecular formula is C16H19F2N3OS. The number of alkyl halides is 2. The van der Waals surface area contributed by atoms with Crippen molar-refractivity contribution in [2.45, 2.75) is 26.1 Å². The van der Waals surface area contributed by atoms with E-state index in [1.165, 1.54) is 6.07 Å². The van der Waals surface area contributed by atoms with E-state index in [0.29, 0.717) is 12.2 Å². The highest BCUT2D eigenvalue weighted by Crippen LogP contribution is 2.41. The second-order valence-electron chi connectivity index (χ2n) is 5.47. The standard InChI is InChI=1S/C16H19F2N3OS/c1-9-20-12-4-5-13(22-3)11(15(12)21(9)2)7-19-10-6-14(16(17)18)23-8-10/h4-6,8-9,16,19-20H,7H2,1-3H3. The second-order valence-corrected chi connectivity index (χ2v) is 6.41. The van der Waals surface area contributed by atoms with E-state index in [2.05, 4.69) is 22.5 Å². The molecule has 2 heterocycles. The number of benzene rings is 1. The van der Waals surface area contributed by atoms with Crippen LogP contribution in [0.1, 0.15) is 23.8 Å². The van der Waals surface area contributed by atoms with Crippen LogP contribution in [0.4, 0.5) is 25.8 Å². The number of anilines is 3. The minimum absolute atomic E-state index is 0.0742.